The molecule has 0 spiro atoms. The molecule has 2 aromatic rings. The molecule has 112 valence electrons. The monoisotopic (exact) mass is 298 g/mol. The summed E-state index contributed by atoms with van der Waals surface area (Å²) in [5.74, 6) is -1.10. The summed E-state index contributed by atoms with van der Waals surface area (Å²) in [5, 5.41) is 2.67. The fourth-order valence-electron chi connectivity index (χ4n) is 2.63. The molecule has 1 heterocycles. The number of nitrogens with one attached hydrogen (secondary N) is 1. The number of halogens is 1. The number of fused-ring (bicyclic) bond motifs is 1. The fraction of sp³-hybridized carbons (Fsp3) is 0.176. The van der Waals surface area contributed by atoms with Gasteiger partial charge in [-0.25, -0.2) is 4.39 Å². The molecular weight excluding hydrogens is 283 g/mol. The van der Waals surface area contributed by atoms with Crippen molar-refractivity contribution in [3.63, 3.8) is 0 Å². The standard InChI is InChI=1S/C17H15FN2O2/c1-11(21)20-9-8-12-6-7-13(10-16(12)20)19-17(22)14-4-2-3-5-15(14)18/h2-7,10H,8-9H2,1H3,(H,19,22). The molecule has 3 rings (SSSR count). The Morgan fingerprint density at radius 3 is 2.68 bits per heavy atom. The van der Waals surface area contributed by atoms with Crippen molar-refractivity contribution in [3.8, 4) is 0 Å². The molecule has 2 amide bonds. The first-order chi connectivity index (χ1) is 10.6. The van der Waals surface area contributed by atoms with Gasteiger partial charge in [0.25, 0.3) is 5.91 Å². The molecule has 0 radical (unpaired) electrons. The molecule has 0 bridgehead atoms. The van der Waals surface area contributed by atoms with Gasteiger partial charge in [0.15, 0.2) is 0 Å². The van der Waals surface area contributed by atoms with E-state index in [1.165, 1.54) is 25.1 Å². The Labute approximate surface area is 127 Å². The molecule has 2 aromatic carbocycles. The Kier molecular flexibility index (Phi) is 3.63. The quantitative estimate of drug-likeness (QED) is 0.926. The first kappa shape index (κ1) is 14.3. The van der Waals surface area contributed by atoms with Crippen molar-refractivity contribution in [1.29, 1.82) is 0 Å². The molecule has 4 nitrogen and oxygen atoms in total. The normalized spacial score (nSPS) is 12.9. The maximum Gasteiger partial charge on any atom is 0.258 e. The summed E-state index contributed by atoms with van der Waals surface area (Å²) < 4.78 is 13.6. The molecule has 0 saturated heterocycles. The Morgan fingerprint density at radius 1 is 1.18 bits per heavy atom. The topological polar surface area (TPSA) is 49.4 Å². The van der Waals surface area contributed by atoms with Crippen molar-refractivity contribution < 1.29 is 14.0 Å². The molecule has 1 aliphatic heterocycles. The number of carbonyl (C=O) groups excluding carboxylic acids is 2. The largest absolute Gasteiger partial charge is 0.322 e. The first-order valence-electron chi connectivity index (χ1n) is 7.03. The van der Waals surface area contributed by atoms with E-state index < -0.39 is 11.7 Å². The zero-order valence-corrected chi connectivity index (χ0v) is 12.1. The molecule has 5 heteroatoms. The van der Waals surface area contributed by atoms with Crippen molar-refractivity contribution >= 4 is 23.2 Å². The number of nitrogens with zero attached hydrogens (tertiary/aromatic N) is 1. The Morgan fingerprint density at radius 2 is 1.95 bits per heavy atom. The molecule has 0 atom stereocenters. The molecule has 0 aliphatic carbocycles. The van der Waals surface area contributed by atoms with Crippen LogP contribution in [0.4, 0.5) is 15.8 Å². The van der Waals surface area contributed by atoms with Gasteiger partial charge in [-0.3, -0.25) is 9.59 Å². The summed E-state index contributed by atoms with van der Waals surface area (Å²) in [5.41, 5.74) is 2.41. The highest BCUT2D eigenvalue weighted by Crippen LogP contribution is 2.31. The molecule has 0 fully saturated rings. The van der Waals surface area contributed by atoms with Gasteiger partial charge in [0.05, 0.1) is 5.56 Å². The average molecular weight is 298 g/mol. The average Bonchev–Trinajstić information content (AvgIpc) is 2.91. The van der Waals surface area contributed by atoms with Gasteiger partial charge in [-0.15, -0.1) is 0 Å². The van der Waals surface area contributed by atoms with Crippen molar-refractivity contribution in [1.82, 2.24) is 0 Å². The summed E-state index contributed by atoms with van der Waals surface area (Å²) in [6.07, 6.45) is 0.802. The van der Waals surface area contributed by atoms with E-state index in [-0.39, 0.29) is 11.5 Å². The van der Waals surface area contributed by atoms with E-state index in [4.69, 9.17) is 0 Å². The second kappa shape index (κ2) is 5.60. The minimum absolute atomic E-state index is 0.00794. The van der Waals surface area contributed by atoms with Crippen LogP contribution in [0.2, 0.25) is 0 Å². The highest BCUT2D eigenvalue weighted by atomic mass is 19.1. The zero-order chi connectivity index (χ0) is 15.7. The third kappa shape index (κ3) is 2.57. The molecule has 1 N–H and O–H groups in total. The number of hydrogen-bond acceptors (Lipinski definition) is 2. The maximum atomic E-state index is 13.6. The predicted molar refractivity (Wildman–Crippen MR) is 82.5 cm³/mol. The van der Waals surface area contributed by atoms with Gasteiger partial charge in [-0.2, -0.15) is 0 Å². The molecule has 0 aromatic heterocycles. The fourth-order valence-corrected chi connectivity index (χ4v) is 2.63. The smallest absolute Gasteiger partial charge is 0.258 e. The van der Waals surface area contributed by atoms with Gasteiger partial charge in [0.2, 0.25) is 5.91 Å². The van der Waals surface area contributed by atoms with Crippen LogP contribution >= 0.6 is 0 Å². The summed E-state index contributed by atoms with van der Waals surface area (Å²) in [6, 6.07) is 11.2. The van der Waals surface area contributed by atoms with Crippen molar-refractivity contribution in [2.75, 3.05) is 16.8 Å². The highest BCUT2D eigenvalue weighted by molar-refractivity contribution is 6.05. The van der Waals surface area contributed by atoms with E-state index in [1.807, 2.05) is 6.07 Å². The maximum absolute atomic E-state index is 13.6. The first-order valence-corrected chi connectivity index (χ1v) is 7.03. The van der Waals surface area contributed by atoms with Crippen molar-refractivity contribution in [2.24, 2.45) is 0 Å². The number of benzene rings is 2. The van der Waals surface area contributed by atoms with Crippen LogP contribution < -0.4 is 10.2 Å². The zero-order valence-electron chi connectivity index (χ0n) is 12.1. The highest BCUT2D eigenvalue weighted by Gasteiger charge is 2.22. The number of rotatable bonds is 2. The van der Waals surface area contributed by atoms with E-state index in [2.05, 4.69) is 5.32 Å². The van der Waals surface area contributed by atoms with Crippen LogP contribution in [0.1, 0.15) is 22.8 Å². The van der Waals surface area contributed by atoms with Crippen molar-refractivity contribution in [3.05, 3.63) is 59.4 Å². The lowest BCUT2D eigenvalue weighted by molar-refractivity contribution is -0.116. The lowest BCUT2D eigenvalue weighted by Crippen LogP contribution is -2.25. The number of carbonyl (C=O) groups is 2. The summed E-state index contributed by atoms with van der Waals surface area (Å²) in [4.78, 5) is 25.4. The van der Waals surface area contributed by atoms with Crippen LogP contribution in [0.3, 0.4) is 0 Å². The number of anilines is 2. The summed E-state index contributed by atoms with van der Waals surface area (Å²) in [7, 11) is 0. The van der Waals surface area contributed by atoms with Gasteiger partial charge in [-0.05, 0) is 36.2 Å². The SMILES string of the molecule is CC(=O)N1CCc2ccc(NC(=O)c3ccccc3F)cc21. The summed E-state index contributed by atoms with van der Waals surface area (Å²) >= 11 is 0. The Bertz CT molecular complexity index is 758. The molecule has 1 aliphatic rings. The van der Waals surface area contributed by atoms with E-state index in [9.17, 15) is 14.0 Å². The van der Waals surface area contributed by atoms with Crippen LogP contribution in [0.25, 0.3) is 0 Å². The lowest BCUT2D eigenvalue weighted by Gasteiger charge is -2.16. The Balaban J connectivity index is 1.85. The minimum atomic E-state index is -0.563. The molecule has 0 saturated carbocycles. The number of amides is 2. The molecule has 0 unspecified atom stereocenters. The third-order valence-corrected chi connectivity index (χ3v) is 3.74. The van der Waals surface area contributed by atoms with Gasteiger partial charge < -0.3 is 10.2 Å². The van der Waals surface area contributed by atoms with Crippen LogP contribution in [0.15, 0.2) is 42.5 Å². The predicted octanol–water partition coefficient (Wildman–Crippen LogP) is 2.99. The lowest BCUT2D eigenvalue weighted by atomic mass is 10.1. The molecule has 22 heavy (non-hydrogen) atoms. The van der Waals surface area contributed by atoms with E-state index in [1.54, 1.807) is 23.1 Å². The third-order valence-electron chi connectivity index (χ3n) is 3.74. The van der Waals surface area contributed by atoms with Gasteiger partial charge in [0.1, 0.15) is 5.82 Å². The minimum Gasteiger partial charge on any atom is -0.322 e. The van der Waals surface area contributed by atoms with E-state index in [0.29, 0.717) is 12.2 Å². The second-order valence-electron chi connectivity index (χ2n) is 5.20. The van der Waals surface area contributed by atoms with Crippen LogP contribution in [-0.4, -0.2) is 18.4 Å². The van der Waals surface area contributed by atoms with Gasteiger partial charge in [0, 0.05) is 24.8 Å². The van der Waals surface area contributed by atoms with Crippen LogP contribution in [-0.2, 0) is 11.2 Å². The van der Waals surface area contributed by atoms with Crippen LogP contribution in [0.5, 0.6) is 0 Å². The Hall–Kier alpha value is -2.69. The van der Waals surface area contributed by atoms with Gasteiger partial charge >= 0.3 is 0 Å². The van der Waals surface area contributed by atoms with Crippen LogP contribution in [0, 0.1) is 5.82 Å². The number of hydrogen-bond donors (Lipinski definition) is 1. The van der Waals surface area contributed by atoms with E-state index >= 15 is 0 Å². The molecular formula is C17H15FN2O2. The second-order valence-corrected chi connectivity index (χ2v) is 5.20. The van der Waals surface area contributed by atoms with Crippen molar-refractivity contribution in [2.45, 2.75) is 13.3 Å². The summed E-state index contributed by atoms with van der Waals surface area (Å²) in [6.45, 7) is 2.16. The van der Waals surface area contributed by atoms with Gasteiger partial charge in [-0.1, -0.05) is 18.2 Å². The van der Waals surface area contributed by atoms with E-state index in [0.717, 1.165) is 17.7 Å².